The number of hydrogen-bond donors (Lipinski definition) is 0. The van der Waals surface area contributed by atoms with Crippen molar-refractivity contribution >= 4 is 11.1 Å². The second-order valence-electron chi connectivity index (χ2n) is 2.03. The van der Waals surface area contributed by atoms with E-state index in [1.165, 1.54) is 7.11 Å². The van der Waals surface area contributed by atoms with E-state index in [9.17, 15) is 13.2 Å². The molecule has 0 spiro atoms. The summed E-state index contributed by atoms with van der Waals surface area (Å²) in [6.07, 6.45) is 0. The first-order valence-electron chi connectivity index (χ1n) is 3.08. The van der Waals surface area contributed by atoms with E-state index in [0.717, 1.165) is 18.2 Å². The first-order valence-corrected chi connectivity index (χ1v) is 4.15. The molecule has 0 aliphatic carbocycles. The quantitative estimate of drug-likeness (QED) is 0.424. The molecule has 66 valence electrons. The second kappa shape index (κ2) is 5.72. The summed E-state index contributed by atoms with van der Waals surface area (Å²) in [5.41, 5.74) is 0. The summed E-state index contributed by atoms with van der Waals surface area (Å²) in [4.78, 5) is -0.0427. The van der Waals surface area contributed by atoms with Gasteiger partial charge in [0.2, 0.25) is 0 Å². The van der Waals surface area contributed by atoms with Crippen LogP contribution in [0.2, 0.25) is 0 Å². The van der Waals surface area contributed by atoms with Crippen LogP contribution in [0.5, 0.6) is 5.75 Å². The molecule has 1 aromatic carbocycles. The summed E-state index contributed by atoms with van der Waals surface area (Å²) in [7, 11) is 1.28. The van der Waals surface area contributed by atoms with Crippen molar-refractivity contribution in [3.8, 4) is 5.75 Å². The molecular weight excluding hydrogens is 206 g/mol. The second-order valence-corrected chi connectivity index (χ2v) is 2.94. The van der Waals surface area contributed by atoms with E-state index in [2.05, 4.69) is 4.74 Å². The van der Waals surface area contributed by atoms with Gasteiger partial charge in [0, 0.05) is 6.07 Å². The molecule has 6 heteroatoms. The van der Waals surface area contributed by atoms with E-state index in [0.29, 0.717) is 0 Å². The van der Waals surface area contributed by atoms with Crippen molar-refractivity contribution < 1.29 is 47.4 Å². The van der Waals surface area contributed by atoms with Crippen molar-refractivity contribution in [2.24, 2.45) is 0 Å². The van der Waals surface area contributed by atoms with Crippen LogP contribution in [0, 0.1) is 5.82 Å². The fourth-order valence-corrected chi connectivity index (χ4v) is 1.26. The van der Waals surface area contributed by atoms with Crippen molar-refractivity contribution in [2.45, 2.75) is 4.90 Å². The molecule has 0 N–H and O–H groups in total. The summed E-state index contributed by atoms with van der Waals surface area (Å²) < 4.78 is 38.1. The summed E-state index contributed by atoms with van der Waals surface area (Å²) in [6.45, 7) is 0. The van der Waals surface area contributed by atoms with Crippen LogP contribution < -0.4 is 34.3 Å². The Bertz CT molecular complexity index is 319. The Hall–Kier alpha value is 0.0600. The van der Waals surface area contributed by atoms with Gasteiger partial charge in [-0.25, -0.2) is 4.39 Å². The third-order valence-corrected chi connectivity index (χ3v) is 2.00. The minimum absolute atomic E-state index is 0. The summed E-state index contributed by atoms with van der Waals surface area (Å²) in [6, 6.07) is 3.23. The number of halogens is 1. The van der Waals surface area contributed by atoms with E-state index >= 15 is 0 Å². The molecule has 0 radical (unpaired) electrons. The van der Waals surface area contributed by atoms with Gasteiger partial charge in [-0.15, -0.1) is 0 Å². The van der Waals surface area contributed by atoms with Crippen LogP contribution in [0.3, 0.4) is 0 Å². The molecule has 0 fully saturated rings. The molecule has 13 heavy (non-hydrogen) atoms. The van der Waals surface area contributed by atoms with E-state index in [4.69, 9.17) is 0 Å². The molecule has 1 atom stereocenters. The topological polar surface area (TPSA) is 49.4 Å². The average molecular weight is 212 g/mol. The van der Waals surface area contributed by atoms with Crippen molar-refractivity contribution in [1.82, 2.24) is 0 Å². The predicted molar refractivity (Wildman–Crippen MR) is 40.1 cm³/mol. The van der Waals surface area contributed by atoms with Crippen LogP contribution in [0.15, 0.2) is 23.1 Å². The first kappa shape index (κ1) is 13.1. The van der Waals surface area contributed by atoms with Crippen LogP contribution in [-0.2, 0) is 11.1 Å². The van der Waals surface area contributed by atoms with E-state index < -0.39 is 16.9 Å². The Morgan fingerprint density at radius 2 is 2.15 bits per heavy atom. The Balaban J connectivity index is 0.00000144. The van der Waals surface area contributed by atoms with E-state index in [1.807, 2.05) is 0 Å². The van der Waals surface area contributed by atoms with Gasteiger partial charge in [0.1, 0.15) is 11.6 Å². The Morgan fingerprint density at radius 1 is 1.54 bits per heavy atom. The van der Waals surface area contributed by atoms with Gasteiger partial charge in [0.15, 0.2) is 0 Å². The minimum Gasteiger partial charge on any atom is -0.768 e. The van der Waals surface area contributed by atoms with Crippen LogP contribution in [0.25, 0.3) is 0 Å². The van der Waals surface area contributed by atoms with Crippen LogP contribution in [-0.4, -0.2) is 15.9 Å². The van der Waals surface area contributed by atoms with Crippen molar-refractivity contribution in [3.63, 3.8) is 0 Å². The molecule has 0 bridgehead atoms. The van der Waals surface area contributed by atoms with E-state index in [1.54, 1.807) is 0 Å². The minimum atomic E-state index is -2.39. The van der Waals surface area contributed by atoms with Crippen molar-refractivity contribution in [2.75, 3.05) is 7.11 Å². The van der Waals surface area contributed by atoms with Gasteiger partial charge in [-0.1, -0.05) is 0 Å². The number of hydrogen-bond acceptors (Lipinski definition) is 3. The summed E-state index contributed by atoms with van der Waals surface area (Å²) in [5.74, 6) is -0.510. The van der Waals surface area contributed by atoms with Gasteiger partial charge in [0.25, 0.3) is 0 Å². The average Bonchev–Trinajstić information content (AvgIpc) is 2.03. The van der Waals surface area contributed by atoms with Crippen molar-refractivity contribution in [1.29, 1.82) is 0 Å². The normalized spacial score (nSPS) is 11.6. The predicted octanol–water partition coefficient (Wildman–Crippen LogP) is -1.92. The zero-order valence-electron chi connectivity index (χ0n) is 7.24. The van der Waals surface area contributed by atoms with Crippen LogP contribution >= 0.6 is 0 Å². The maximum Gasteiger partial charge on any atom is 1.00 e. The molecule has 1 unspecified atom stereocenters. The molecule has 0 saturated heterocycles. The number of methoxy groups -OCH3 is 1. The van der Waals surface area contributed by atoms with Gasteiger partial charge in [-0.2, -0.15) is 0 Å². The number of ether oxygens (including phenoxy) is 1. The monoisotopic (exact) mass is 212 g/mol. The third kappa shape index (κ3) is 3.36. The Labute approximate surface area is 99.9 Å². The van der Waals surface area contributed by atoms with Gasteiger partial charge in [-0.3, -0.25) is 4.21 Å². The first-order chi connectivity index (χ1) is 5.65. The van der Waals surface area contributed by atoms with Crippen LogP contribution in [0.1, 0.15) is 0 Å². The maximum absolute atomic E-state index is 12.5. The standard InChI is InChI=1S/C7H7FO3S.Na/c1-11-6-4-5(8)2-3-7(6)12(9)10;/h2-4H,1H3,(H,9,10);/q;+1/p-1. The molecule has 3 nitrogen and oxygen atoms in total. The maximum atomic E-state index is 12.5. The summed E-state index contributed by atoms with van der Waals surface area (Å²) in [5, 5.41) is 0. The third-order valence-electron chi connectivity index (χ3n) is 1.31. The number of rotatable bonds is 2. The molecule has 1 aromatic rings. The van der Waals surface area contributed by atoms with E-state index in [-0.39, 0.29) is 40.2 Å². The molecule has 1 rings (SSSR count). The van der Waals surface area contributed by atoms with Gasteiger partial charge >= 0.3 is 29.6 Å². The van der Waals surface area contributed by atoms with Gasteiger partial charge in [0.05, 0.1) is 12.0 Å². The summed E-state index contributed by atoms with van der Waals surface area (Å²) >= 11 is -2.39. The molecule has 0 saturated carbocycles. The SMILES string of the molecule is COc1cc(F)ccc1S(=O)[O-].[Na+]. The molecule has 0 heterocycles. The molecule has 0 aromatic heterocycles. The Morgan fingerprint density at radius 3 is 2.62 bits per heavy atom. The number of benzene rings is 1. The van der Waals surface area contributed by atoms with Crippen molar-refractivity contribution in [3.05, 3.63) is 24.0 Å². The van der Waals surface area contributed by atoms with Crippen LogP contribution in [0.4, 0.5) is 4.39 Å². The smallest absolute Gasteiger partial charge is 0.768 e. The fourth-order valence-electron chi connectivity index (χ4n) is 0.779. The Kier molecular flexibility index (Phi) is 5.75. The fraction of sp³-hybridized carbons (Fsp3) is 0.143. The molecule has 0 amide bonds. The van der Waals surface area contributed by atoms with Gasteiger partial charge < -0.3 is 9.29 Å². The molecule has 0 aliphatic heterocycles. The molecule has 0 aliphatic rings. The zero-order chi connectivity index (χ0) is 9.14. The zero-order valence-corrected chi connectivity index (χ0v) is 10.1. The largest absolute Gasteiger partial charge is 1.00 e. The van der Waals surface area contributed by atoms with Gasteiger partial charge in [-0.05, 0) is 23.2 Å². The molecular formula is C7H6FNaO3S.